The van der Waals surface area contributed by atoms with Crippen molar-refractivity contribution >= 4 is 29.8 Å². The number of alkyl carbamates (subject to hydrolysis) is 1. The van der Waals surface area contributed by atoms with Crippen molar-refractivity contribution in [1.29, 1.82) is 0 Å². The lowest BCUT2D eigenvalue weighted by atomic mass is 9.99. The van der Waals surface area contributed by atoms with Gasteiger partial charge in [-0.25, -0.2) is 9.59 Å². The number of benzene rings is 3. The summed E-state index contributed by atoms with van der Waals surface area (Å²) in [6.45, 7) is 5.68. The zero-order valence-corrected chi connectivity index (χ0v) is 27.2. The normalized spacial score (nSPS) is 16.9. The maximum Gasteiger partial charge on any atom is 0.410 e. The zero-order chi connectivity index (χ0) is 34.0. The molecule has 3 N–H and O–H groups in total. The van der Waals surface area contributed by atoms with Gasteiger partial charge in [0, 0.05) is 12.1 Å². The van der Waals surface area contributed by atoms with Gasteiger partial charge in [0.2, 0.25) is 5.91 Å². The molecule has 0 radical (unpaired) electrons. The number of ether oxygens (including phenoxy) is 3. The molecule has 11 heteroatoms. The highest BCUT2D eigenvalue weighted by Crippen LogP contribution is 2.25. The molecule has 1 aliphatic heterocycles. The number of carbonyl (C=O) groups excluding carboxylic acids is 3. The Labute approximate surface area is 275 Å². The van der Waals surface area contributed by atoms with Crippen LogP contribution in [-0.4, -0.2) is 78.1 Å². The number of para-hydroxylation sites is 1. The number of anilines is 1. The van der Waals surface area contributed by atoms with Crippen molar-refractivity contribution in [2.45, 2.75) is 70.3 Å². The van der Waals surface area contributed by atoms with Gasteiger partial charge in [-0.15, -0.1) is 0 Å². The van der Waals surface area contributed by atoms with Crippen LogP contribution in [0.1, 0.15) is 44.7 Å². The molecule has 1 heterocycles. The average Bonchev–Trinajstić information content (AvgIpc) is 3.03. The number of carbonyl (C=O) groups is 4. The van der Waals surface area contributed by atoms with Crippen LogP contribution in [0, 0.1) is 0 Å². The molecule has 0 aromatic heterocycles. The molecule has 1 saturated heterocycles. The van der Waals surface area contributed by atoms with Crippen LogP contribution in [0.3, 0.4) is 0 Å². The molecule has 0 aliphatic carbocycles. The molecule has 0 bridgehead atoms. The topological polar surface area (TPSA) is 143 Å². The number of hydrogen-bond acceptors (Lipinski definition) is 7. The van der Waals surface area contributed by atoms with E-state index in [4.69, 9.17) is 14.2 Å². The quantitative estimate of drug-likeness (QED) is 0.242. The van der Waals surface area contributed by atoms with Crippen LogP contribution >= 0.6 is 0 Å². The number of carboxylic acids is 1. The van der Waals surface area contributed by atoms with Gasteiger partial charge in [0.15, 0.2) is 0 Å². The van der Waals surface area contributed by atoms with Gasteiger partial charge >= 0.3 is 18.2 Å². The third-order valence-electron chi connectivity index (χ3n) is 7.57. The standard InChI is InChI=1S/C36H43N3O8/c1-36(2,3)47-35(44)39-22-28(46-29(23-39)21-32(40)41)18-17-26-14-8-9-16-30(26)37-33(42)31(38-34(43)45-4)20-24-11-10-15-27(19-24)25-12-6-5-7-13-25/h5-16,19,28-29,31H,17-18,20-23H2,1-4H3,(H,37,42)(H,38,43)(H,40,41)/t28-,29-,31+/m1/s1. The van der Waals surface area contributed by atoms with Crippen molar-refractivity contribution < 1.29 is 38.5 Å². The predicted octanol–water partition coefficient (Wildman–Crippen LogP) is 5.67. The number of rotatable bonds is 11. The number of nitrogens with one attached hydrogen (secondary N) is 2. The zero-order valence-electron chi connectivity index (χ0n) is 27.2. The smallest absolute Gasteiger partial charge is 0.410 e. The molecule has 0 spiro atoms. The highest BCUT2D eigenvalue weighted by molar-refractivity contribution is 5.97. The van der Waals surface area contributed by atoms with Crippen molar-refractivity contribution in [3.05, 3.63) is 90.0 Å². The van der Waals surface area contributed by atoms with E-state index in [0.29, 0.717) is 18.5 Å². The number of nitrogens with zero attached hydrogens (tertiary/aromatic N) is 1. The van der Waals surface area contributed by atoms with Crippen LogP contribution in [0.5, 0.6) is 0 Å². The minimum atomic E-state index is -1.02. The Balaban J connectivity index is 1.46. The largest absolute Gasteiger partial charge is 0.481 e. The third kappa shape index (κ3) is 10.8. The molecule has 1 aliphatic rings. The Morgan fingerprint density at radius 2 is 1.62 bits per heavy atom. The summed E-state index contributed by atoms with van der Waals surface area (Å²) in [5.74, 6) is -1.44. The van der Waals surface area contributed by atoms with E-state index in [0.717, 1.165) is 22.3 Å². The van der Waals surface area contributed by atoms with Gasteiger partial charge in [0.25, 0.3) is 0 Å². The molecule has 4 rings (SSSR count). The molecule has 1 fully saturated rings. The number of carboxylic acid groups (broad SMARTS) is 1. The molecule has 11 nitrogen and oxygen atoms in total. The average molecular weight is 646 g/mol. The third-order valence-corrected chi connectivity index (χ3v) is 7.57. The summed E-state index contributed by atoms with van der Waals surface area (Å²) >= 11 is 0. The van der Waals surface area contributed by atoms with Gasteiger partial charge < -0.3 is 34.9 Å². The van der Waals surface area contributed by atoms with Crippen LogP contribution in [0.15, 0.2) is 78.9 Å². The number of aliphatic carboxylic acids is 1. The van der Waals surface area contributed by atoms with Crippen LogP contribution in [-0.2, 0) is 36.6 Å². The minimum absolute atomic E-state index is 0.118. The van der Waals surface area contributed by atoms with Gasteiger partial charge in [-0.1, -0.05) is 72.8 Å². The summed E-state index contributed by atoms with van der Waals surface area (Å²) in [5, 5.41) is 15.0. The van der Waals surface area contributed by atoms with Gasteiger partial charge in [0.1, 0.15) is 11.6 Å². The molecule has 3 aromatic carbocycles. The summed E-state index contributed by atoms with van der Waals surface area (Å²) in [7, 11) is 1.24. The van der Waals surface area contributed by atoms with E-state index in [9.17, 15) is 24.3 Å². The SMILES string of the molecule is COC(=O)N[C@@H](Cc1cccc(-c2ccccc2)c1)C(=O)Nc1ccccc1CC[C@@H]1CN(C(=O)OC(C)(C)C)C[C@@H](CC(=O)O)O1. The van der Waals surface area contributed by atoms with E-state index in [1.807, 2.05) is 66.7 Å². The first-order chi connectivity index (χ1) is 22.4. The molecule has 3 atom stereocenters. The van der Waals surface area contributed by atoms with Crippen molar-refractivity contribution in [2.24, 2.45) is 0 Å². The van der Waals surface area contributed by atoms with E-state index >= 15 is 0 Å². The number of methoxy groups -OCH3 is 1. The fourth-order valence-electron chi connectivity index (χ4n) is 5.42. The second kappa shape index (κ2) is 16.1. The Bertz CT molecular complexity index is 1540. The van der Waals surface area contributed by atoms with Crippen molar-refractivity contribution in [3.8, 4) is 11.1 Å². The van der Waals surface area contributed by atoms with Gasteiger partial charge in [-0.05, 0) is 61.9 Å². The first-order valence-corrected chi connectivity index (χ1v) is 15.6. The molecular formula is C36H43N3O8. The monoisotopic (exact) mass is 645 g/mol. The van der Waals surface area contributed by atoms with E-state index in [2.05, 4.69) is 10.6 Å². The van der Waals surface area contributed by atoms with Crippen molar-refractivity contribution in [1.82, 2.24) is 10.2 Å². The lowest BCUT2D eigenvalue weighted by molar-refractivity contribution is -0.146. The Kier molecular flexibility index (Phi) is 12.0. The van der Waals surface area contributed by atoms with E-state index < -0.39 is 47.9 Å². The Morgan fingerprint density at radius 1 is 0.936 bits per heavy atom. The van der Waals surface area contributed by atoms with Crippen LogP contribution in [0.4, 0.5) is 15.3 Å². The molecule has 3 amide bonds. The fraction of sp³-hybridized carbons (Fsp3) is 0.389. The first-order valence-electron chi connectivity index (χ1n) is 15.6. The summed E-state index contributed by atoms with van der Waals surface area (Å²) in [4.78, 5) is 51.7. The summed E-state index contributed by atoms with van der Waals surface area (Å²) in [6, 6.07) is 24.1. The van der Waals surface area contributed by atoms with Crippen LogP contribution in [0.2, 0.25) is 0 Å². The predicted molar refractivity (Wildman–Crippen MR) is 177 cm³/mol. The molecule has 0 unspecified atom stereocenters. The maximum absolute atomic E-state index is 13.6. The van der Waals surface area contributed by atoms with Crippen molar-refractivity contribution in [3.63, 3.8) is 0 Å². The maximum atomic E-state index is 13.6. The van der Waals surface area contributed by atoms with E-state index in [-0.39, 0.29) is 25.9 Å². The second-order valence-electron chi connectivity index (χ2n) is 12.5. The lowest BCUT2D eigenvalue weighted by Crippen LogP contribution is -2.51. The fourth-order valence-corrected chi connectivity index (χ4v) is 5.42. The van der Waals surface area contributed by atoms with Gasteiger partial charge in [-0.3, -0.25) is 9.59 Å². The van der Waals surface area contributed by atoms with Gasteiger partial charge in [-0.2, -0.15) is 0 Å². The second-order valence-corrected chi connectivity index (χ2v) is 12.5. The minimum Gasteiger partial charge on any atom is -0.481 e. The number of hydrogen-bond donors (Lipinski definition) is 3. The summed E-state index contributed by atoms with van der Waals surface area (Å²) < 4.78 is 16.4. The van der Waals surface area contributed by atoms with E-state index in [1.54, 1.807) is 32.9 Å². The highest BCUT2D eigenvalue weighted by Gasteiger charge is 2.34. The lowest BCUT2D eigenvalue weighted by Gasteiger charge is -2.38. The Morgan fingerprint density at radius 3 is 2.32 bits per heavy atom. The van der Waals surface area contributed by atoms with Crippen LogP contribution in [0.25, 0.3) is 11.1 Å². The number of morpholine rings is 1. The molecule has 250 valence electrons. The Hall–Kier alpha value is -4.90. The van der Waals surface area contributed by atoms with Gasteiger partial charge in [0.05, 0.1) is 38.8 Å². The number of amides is 3. The number of aryl methyl sites for hydroxylation is 1. The summed E-state index contributed by atoms with van der Waals surface area (Å²) in [6.07, 6.45) is -1.47. The molecule has 3 aromatic rings. The van der Waals surface area contributed by atoms with Crippen molar-refractivity contribution in [2.75, 3.05) is 25.5 Å². The highest BCUT2D eigenvalue weighted by atomic mass is 16.6. The van der Waals surface area contributed by atoms with E-state index in [1.165, 1.54) is 12.0 Å². The molecule has 0 saturated carbocycles. The first kappa shape index (κ1) is 35.0. The molecular weight excluding hydrogens is 602 g/mol. The molecule has 47 heavy (non-hydrogen) atoms. The summed E-state index contributed by atoms with van der Waals surface area (Å²) in [5.41, 5.74) is 3.57. The van der Waals surface area contributed by atoms with Crippen LogP contribution < -0.4 is 10.6 Å².